The van der Waals surface area contributed by atoms with Gasteiger partial charge in [-0.25, -0.2) is 0 Å². The van der Waals surface area contributed by atoms with Gasteiger partial charge in [-0.3, -0.25) is 0 Å². The van der Waals surface area contributed by atoms with Gasteiger partial charge in [-0.2, -0.15) is 0 Å². The van der Waals surface area contributed by atoms with E-state index in [1.165, 1.54) is 7.11 Å². The SMILES string of the molecule is COc1cccc(CN[C@@H](C)CO)c1O. The van der Waals surface area contributed by atoms with Gasteiger partial charge in [0.1, 0.15) is 0 Å². The van der Waals surface area contributed by atoms with E-state index in [1.807, 2.05) is 19.1 Å². The van der Waals surface area contributed by atoms with E-state index in [2.05, 4.69) is 5.32 Å². The van der Waals surface area contributed by atoms with Crippen LogP contribution >= 0.6 is 0 Å². The van der Waals surface area contributed by atoms with Crippen LogP contribution in [0.5, 0.6) is 11.5 Å². The van der Waals surface area contributed by atoms with Gasteiger partial charge in [0.25, 0.3) is 0 Å². The molecule has 0 radical (unpaired) electrons. The molecular weight excluding hydrogens is 194 g/mol. The lowest BCUT2D eigenvalue weighted by molar-refractivity contribution is 0.250. The molecule has 0 heterocycles. The minimum absolute atomic E-state index is 0.00982. The van der Waals surface area contributed by atoms with Crippen LogP contribution in [0, 0.1) is 0 Å². The van der Waals surface area contributed by atoms with Gasteiger partial charge in [0.2, 0.25) is 0 Å². The Bertz CT molecular complexity index is 315. The Morgan fingerprint density at radius 2 is 2.20 bits per heavy atom. The molecule has 0 aliphatic heterocycles. The van der Waals surface area contributed by atoms with Gasteiger partial charge in [-0.15, -0.1) is 0 Å². The molecule has 0 aliphatic carbocycles. The lowest BCUT2D eigenvalue weighted by Gasteiger charge is -2.12. The Labute approximate surface area is 89.5 Å². The van der Waals surface area contributed by atoms with Gasteiger partial charge in [0.15, 0.2) is 11.5 Å². The first-order valence-corrected chi connectivity index (χ1v) is 4.88. The molecule has 1 aromatic rings. The lowest BCUT2D eigenvalue weighted by atomic mass is 10.1. The maximum absolute atomic E-state index is 9.75. The number of ether oxygens (including phenoxy) is 1. The van der Waals surface area contributed by atoms with E-state index in [0.717, 1.165) is 5.56 Å². The Kier molecular flexibility index (Phi) is 4.39. The van der Waals surface area contributed by atoms with Gasteiger partial charge in [-0.1, -0.05) is 12.1 Å². The molecule has 0 amide bonds. The zero-order valence-corrected chi connectivity index (χ0v) is 9.03. The number of rotatable bonds is 5. The highest BCUT2D eigenvalue weighted by Gasteiger charge is 2.07. The summed E-state index contributed by atoms with van der Waals surface area (Å²) < 4.78 is 4.99. The molecule has 0 saturated heterocycles. The van der Waals surface area contributed by atoms with E-state index < -0.39 is 0 Å². The summed E-state index contributed by atoms with van der Waals surface area (Å²) in [5.41, 5.74) is 0.759. The molecule has 15 heavy (non-hydrogen) atoms. The molecule has 84 valence electrons. The maximum Gasteiger partial charge on any atom is 0.162 e. The molecule has 0 aliphatic rings. The summed E-state index contributed by atoms with van der Waals surface area (Å²) in [5.74, 6) is 0.614. The van der Waals surface area contributed by atoms with Crippen LogP contribution < -0.4 is 10.1 Å². The van der Waals surface area contributed by atoms with Crippen LogP contribution in [0.4, 0.5) is 0 Å². The number of para-hydroxylation sites is 1. The molecule has 4 heteroatoms. The van der Waals surface area contributed by atoms with Crippen molar-refractivity contribution in [3.63, 3.8) is 0 Å². The van der Waals surface area contributed by atoms with E-state index in [9.17, 15) is 5.11 Å². The van der Waals surface area contributed by atoms with Crippen molar-refractivity contribution in [2.45, 2.75) is 19.5 Å². The fourth-order valence-corrected chi connectivity index (χ4v) is 1.22. The minimum atomic E-state index is 0.00982. The van der Waals surface area contributed by atoms with Crippen molar-refractivity contribution in [1.82, 2.24) is 5.32 Å². The molecule has 3 N–H and O–H groups in total. The quantitative estimate of drug-likeness (QED) is 0.676. The number of nitrogens with one attached hydrogen (secondary N) is 1. The molecule has 0 saturated carbocycles. The fraction of sp³-hybridized carbons (Fsp3) is 0.455. The third-order valence-corrected chi connectivity index (χ3v) is 2.22. The lowest BCUT2D eigenvalue weighted by Crippen LogP contribution is -2.28. The maximum atomic E-state index is 9.75. The van der Waals surface area contributed by atoms with Crippen LogP contribution in [0.15, 0.2) is 18.2 Å². The van der Waals surface area contributed by atoms with Gasteiger partial charge in [0.05, 0.1) is 13.7 Å². The van der Waals surface area contributed by atoms with Crippen molar-refractivity contribution in [3.05, 3.63) is 23.8 Å². The van der Waals surface area contributed by atoms with Crippen molar-refractivity contribution in [2.24, 2.45) is 0 Å². The Morgan fingerprint density at radius 3 is 2.80 bits per heavy atom. The van der Waals surface area contributed by atoms with Gasteiger partial charge in [-0.05, 0) is 13.0 Å². The molecule has 1 aromatic carbocycles. The van der Waals surface area contributed by atoms with E-state index in [0.29, 0.717) is 12.3 Å². The highest BCUT2D eigenvalue weighted by Crippen LogP contribution is 2.29. The molecular formula is C11H17NO3. The van der Waals surface area contributed by atoms with E-state index in [4.69, 9.17) is 9.84 Å². The second-order valence-electron chi connectivity index (χ2n) is 3.43. The molecule has 0 spiro atoms. The first kappa shape index (κ1) is 11.8. The smallest absolute Gasteiger partial charge is 0.162 e. The molecule has 0 unspecified atom stereocenters. The van der Waals surface area contributed by atoms with E-state index >= 15 is 0 Å². The second-order valence-corrected chi connectivity index (χ2v) is 3.43. The molecule has 1 rings (SSSR count). The summed E-state index contributed by atoms with van der Waals surface area (Å²) in [6.07, 6.45) is 0. The number of methoxy groups -OCH3 is 1. The predicted molar refractivity (Wildman–Crippen MR) is 58.0 cm³/mol. The molecule has 1 atom stereocenters. The third-order valence-electron chi connectivity index (χ3n) is 2.22. The molecule has 0 fully saturated rings. The Balaban J connectivity index is 2.68. The monoisotopic (exact) mass is 211 g/mol. The summed E-state index contributed by atoms with van der Waals surface area (Å²) >= 11 is 0. The second kappa shape index (κ2) is 5.58. The summed E-state index contributed by atoms with van der Waals surface area (Å²) in [7, 11) is 1.52. The number of aliphatic hydroxyl groups excluding tert-OH is 1. The number of benzene rings is 1. The van der Waals surface area contributed by atoms with E-state index in [-0.39, 0.29) is 18.4 Å². The highest BCUT2D eigenvalue weighted by atomic mass is 16.5. The minimum Gasteiger partial charge on any atom is -0.504 e. The number of phenolic OH excluding ortho intramolecular Hbond substituents is 1. The zero-order chi connectivity index (χ0) is 11.3. The topological polar surface area (TPSA) is 61.7 Å². The Morgan fingerprint density at radius 1 is 1.47 bits per heavy atom. The number of aliphatic hydroxyl groups is 1. The average Bonchev–Trinajstić information content (AvgIpc) is 2.27. The van der Waals surface area contributed by atoms with Gasteiger partial charge < -0.3 is 20.3 Å². The van der Waals surface area contributed by atoms with Crippen LogP contribution in [0.3, 0.4) is 0 Å². The van der Waals surface area contributed by atoms with Crippen LogP contribution in [-0.2, 0) is 6.54 Å². The number of hydrogen-bond donors (Lipinski definition) is 3. The Hall–Kier alpha value is -1.26. The summed E-state index contributed by atoms with van der Waals surface area (Å²) in [6, 6.07) is 5.35. The normalized spacial score (nSPS) is 12.5. The number of aromatic hydroxyl groups is 1. The first-order valence-electron chi connectivity index (χ1n) is 4.88. The molecule has 4 nitrogen and oxygen atoms in total. The third kappa shape index (κ3) is 3.11. The highest BCUT2D eigenvalue weighted by molar-refractivity contribution is 5.45. The largest absolute Gasteiger partial charge is 0.504 e. The first-order chi connectivity index (χ1) is 7.19. The summed E-state index contributed by atoms with van der Waals surface area (Å²) in [4.78, 5) is 0. The summed E-state index contributed by atoms with van der Waals surface area (Å²) in [6.45, 7) is 2.45. The standard InChI is InChI=1S/C11H17NO3/c1-8(7-13)12-6-9-4-3-5-10(15-2)11(9)14/h3-5,8,12-14H,6-7H2,1-2H3/t8-/m0/s1. The van der Waals surface area contributed by atoms with Crippen molar-refractivity contribution in [2.75, 3.05) is 13.7 Å². The number of phenols is 1. The van der Waals surface area contributed by atoms with Crippen LogP contribution in [-0.4, -0.2) is 30.0 Å². The van der Waals surface area contributed by atoms with Crippen molar-refractivity contribution >= 4 is 0 Å². The van der Waals surface area contributed by atoms with Crippen LogP contribution in [0.1, 0.15) is 12.5 Å². The predicted octanol–water partition coefficient (Wildman–Crippen LogP) is 0.871. The van der Waals surface area contributed by atoms with Crippen molar-refractivity contribution in [1.29, 1.82) is 0 Å². The van der Waals surface area contributed by atoms with Crippen molar-refractivity contribution in [3.8, 4) is 11.5 Å². The average molecular weight is 211 g/mol. The molecule has 0 bridgehead atoms. The molecule has 0 aromatic heterocycles. The number of hydrogen-bond acceptors (Lipinski definition) is 4. The summed E-state index contributed by atoms with van der Waals surface area (Å²) in [5, 5.41) is 21.7. The van der Waals surface area contributed by atoms with Crippen molar-refractivity contribution < 1.29 is 14.9 Å². The van der Waals surface area contributed by atoms with E-state index in [1.54, 1.807) is 6.07 Å². The zero-order valence-electron chi connectivity index (χ0n) is 9.03. The fourth-order valence-electron chi connectivity index (χ4n) is 1.22. The van der Waals surface area contributed by atoms with Crippen LogP contribution in [0.25, 0.3) is 0 Å². The van der Waals surface area contributed by atoms with Gasteiger partial charge in [0, 0.05) is 18.2 Å². The van der Waals surface area contributed by atoms with Gasteiger partial charge >= 0.3 is 0 Å². The van der Waals surface area contributed by atoms with Crippen LogP contribution in [0.2, 0.25) is 0 Å².